The largest absolute Gasteiger partial charge is 0.433 e. The van der Waals surface area contributed by atoms with Crippen molar-refractivity contribution in [2.45, 2.75) is 18.3 Å². The van der Waals surface area contributed by atoms with Crippen LogP contribution in [-0.4, -0.2) is 33.2 Å². The molecule has 0 aliphatic rings. The van der Waals surface area contributed by atoms with Gasteiger partial charge in [0.1, 0.15) is 0 Å². The van der Waals surface area contributed by atoms with Crippen LogP contribution in [0.5, 0.6) is 0 Å². The van der Waals surface area contributed by atoms with Crippen LogP contribution in [0, 0.1) is 0 Å². The summed E-state index contributed by atoms with van der Waals surface area (Å²) in [4.78, 5) is 35.4. The Bertz CT molecular complexity index is 999. The lowest BCUT2D eigenvalue weighted by atomic mass is 10.3. The fourth-order valence-electron chi connectivity index (χ4n) is 2.25. The van der Waals surface area contributed by atoms with Crippen LogP contribution in [0.1, 0.15) is 12.6 Å². The summed E-state index contributed by atoms with van der Waals surface area (Å²) >= 11 is 2.09. The standard InChI is InChI=1S/C16H13F3N4O2S2/c1-2-23(15-20-9-5-3-4-6-10(9)27-15)13(25)8-26-14-21-11(16(17,18)19)7-12(24)22-14/h3-7H,2,8H2,1H3,(H,21,22,24). The molecule has 0 fully saturated rings. The van der Waals surface area contributed by atoms with E-state index in [2.05, 4.69) is 15.0 Å². The number of H-pyrrole nitrogens is 1. The molecule has 0 saturated carbocycles. The quantitative estimate of drug-likeness (QED) is 0.510. The number of anilines is 1. The van der Waals surface area contributed by atoms with Crippen LogP contribution < -0.4 is 10.5 Å². The molecule has 11 heteroatoms. The van der Waals surface area contributed by atoms with Gasteiger partial charge in [-0.2, -0.15) is 13.2 Å². The highest BCUT2D eigenvalue weighted by molar-refractivity contribution is 7.99. The summed E-state index contributed by atoms with van der Waals surface area (Å²) in [5.74, 6) is -0.532. The predicted octanol–water partition coefficient (Wildman–Crippen LogP) is 3.54. The number of carbonyl (C=O) groups is 1. The average molecular weight is 414 g/mol. The van der Waals surface area contributed by atoms with Crippen molar-refractivity contribution < 1.29 is 18.0 Å². The summed E-state index contributed by atoms with van der Waals surface area (Å²) in [6.07, 6.45) is -4.73. The van der Waals surface area contributed by atoms with Crippen molar-refractivity contribution in [3.63, 3.8) is 0 Å². The third-order valence-electron chi connectivity index (χ3n) is 3.47. The van der Waals surface area contributed by atoms with Gasteiger partial charge in [-0.3, -0.25) is 14.5 Å². The smallest absolute Gasteiger partial charge is 0.301 e. The molecule has 1 N–H and O–H groups in total. The number of halogens is 3. The number of nitrogens with zero attached hydrogens (tertiary/aromatic N) is 3. The molecule has 1 amide bonds. The minimum absolute atomic E-state index is 0.186. The number of benzene rings is 1. The van der Waals surface area contributed by atoms with Gasteiger partial charge in [0.05, 0.1) is 16.0 Å². The van der Waals surface area contributed by atoms with Crippen molar-refractivity contribution in [3.8, 4) is 0 Å². The Hall–Kier alpha value is -2.40. The molecule has 3 rings (SSSR count). The van der Waals surface area contributed by atoms with Crippen LogP contribution in [0.3, 0.4) is 0 Å². The maximum Gasteiger partial charge on any atom is 0.433 e. The number of aromatic nitrogens is 3. The first-order valence-electron chi connectivity index (χ1n) is 7.75. The molecule has 6 nitrogen and oxygen atoms in total. The Labute approximate surface area is 159 Å². The molecule has 1 aromatic carbocycles. The number of fused-ring (bicyclic) bond motifs is 1. The second kappa shape index (κ2) is 7.69. The lowest BCUT2D eigenvalue weighted by Crippen LogP contribution is -2.32. The number of hydrogen-bond donors (Lipinski definition) is 1. The van der Waals surface area contributed by atoms with Gasteiger partial charge in [0.15, 0.2) is 16.0 Å². The number of alkyl halides is 3. The fraction of sp³-hybridized carbons (Fsp3) is 0.250. The highest BCUT2D eigenvalue weighted by atomic mass is 32.2. The van der Waals surface area contributed by atoms with Gasteiger partial charge in [-0.1, -0.05) is 35.2 Å². The van der Waals surface area contributed by atoms with Crippen molar-refractivity contribution >= 4 is 44.4 Å². The van der Waals surface area contributed by atoms with Crippen LogP contribution >= 0.6 is 23.1 Å². The molecule has 142 valence electrons. The zero-order valence-corrected chi connectivity index (χ0v) is 15.5. The second-order valence-electron chi connectivity index (χ2n) is 5.32. The number of thioether (sulfide) groups is 1. The fourth-order valence-corrected chi connectivity index (χ4v) is 4.05. The summed E-state index contributed by atoms with van der Waals surface area (Å²) in [6.45, 7) is 2.13. The van der Waals surface area contributed by atoms with E-state index in [1.54, 1.807) is 6.92 Å². The van der Waals surface area contributed by atoms with Crippen molar-refractivity contribution in [1.82, 2.24) is 15.0 Å². The van der Waals surface area contributed by atoms with Crippen LogP contribution in [0.15, 0.2) is 40.3 Å². The van der Waals surface area contributed by atoms with E-state index in [1.807, 2.05) is 24.3 Å². The average Bonchev–Trinajstić information content (AvgIpc) is 3.03. The van der Waals surface area contributed by atoms with Crippen molar-refractivity contribution in [2.24, 2.45) is 0 Å². The van der Waals surface area contributed by atoms with Gasteiger partial charge in [-0.25, -0.2) is 9.97 Å². The van der Waals surface area contributed by atoms with E-state index < -0.39 is 17.4 Å². The molecule has 2 heterocycles. The Balaban J connectivity index is 1.76. The Kier molecular flexibility index (Phi) is 5.51. The first-order chi connectivity index (χ1) is 12.8. The molecule has 0 bridgehead atoms. The lowest BCUT2D eigenvalue weighted by Gasteiger charge is -2.17. The maximum absolute atomic E-state index is 12.7. The third kappa shape index (κ3) is 4.48. The SMILES string of the molecule is CCN(C(=O)CSc1nc(C(F)(F)F)cc(=O)[nH]1)c1nc2ccccc2s1. The normalized spacial score (nSPS) is 11.7. The first-order valence-corrected chi connectivity index (χ1v) is 9.55. The van der Waals surface area contributed by atoms with E-state index in [9.17, 15) is 22.8 Å². The number of rotatable bonds is 5. The number of aromatic amines is 1. The Morgan fingerprint density at radius 2 is 2.04 bits per heavy atom. The van der Waals surface area contributed by atoms with Crippen molar-refractivity contribution in [1.29, 1.82) is 0 Å². The Morgan fingerprint density at radius 3 is 2.70 bits per heavy atom. The number of amides is 1. The molecular formula is C16H13F3N4O2S2. The van der Waals surface area contributed by atoms with Crippen LogP contribution in [-0.2, 0) is 11.0 Å². The molecule has 0 spiro atoms. The highest BCUT2D eigenvalue weighted by Gasteiger charge is 2.33. The number of para-hydroxylation sites is 1. The molecule has 0 unspecified atom stereocenters. The van der Waals surface area contributed by atoms with Gasteiger partial charge >= 0.3 is 6.18 Å². The maximum atomic E-state index is 12.7. The summed E-state index contributed by atoms with van der Waals surface area (Å²) < 4.78 is 39.2. The van der Waals surface area contributed by atoms with Crippen molar-refractivity contribution in [2.75, 3.05) is 17.2 Å². The minimum Gasteiger partial charge on any atom is -0.301 e. The van der Waals surface area contributed by atoms with Crippen LogP contribution in [0.2, 0.25) is 0 Å². The van der Waals surface area contributed by atoms with Gasteiger partial charge in [0.25, 0.3) is 5.56 Å². The van der Waals surface area contributed by atoms with Gasteiger partial charge in [0, 0.05) is 12.6 Å². The van der Waals surface area contributed by atoms with E-state index in [-0.39, 0.29) is 16.8 Å². The summed E-state index contributed by atoms with van der Waals surface area (Å²) in [6, 6.07) is 7.81. The van der Waals surface area contributed by atoms with Gasteiger partial charge in [-0.15, -0.1) is 0 Å². The van der Waals surface area contributed by atoms with Crippen LogP contribution in [0.4, 0.5) is 18.3 Å². The van der Waals surface area contributed by atoms with Gasteiger partial charge < -0.3 is 4.98 Å². The molecule has 3 aromatic rings. The van der Waals surface area contributed by atoms with Crippen LogP contribution in [0.25, 0.3) is 10.2 Å². The number of hydrogen-bond acceptors (Lipinski definition) is 6. The van der Waals surface area contributed by atoms with E-state index >= 15 is 0 Å². The second-order valence-corrected chi connectivity index (χ2v) is 7.30. The molecule has 0 atom stereocenters. The van der Waals surface area contributed by atoms with Gasteiger partial charge in [-0.05, 0) is 19.1 Å². The summed E-state index contributed by atoms with van der Waals surface area (Å²) in [5, 5.41) is 0.248. The topological polar surface area (TPSA) is 79.0 Å². The molecule has 0 aliphatic heterocycles. The zero-order valence-electron chi connectivity index (χ0n) is 13.9. The molecule has 2 aromatic heterocycles. The highest BCUT2D eigenvalue weighted by Crippen LogP contribution is 2.30. The monoisotopic (exact) mass is 414 g/mol. The van der Waals surface area contributed by atoms with E-state index in [4.69, 9.17) is 0 Å². The minimum atomic E-state index is -4.73. The van der Waals surface area contributed by atoms with E-state index in [1.165, 1.54) is 16.2 Å². The Morgan fingerprint density at radius 1 is 1.30 bits per heavy atom. The predicted molar refractivity (Wildman–Crippen MR) is 98.2 cm³/mol. The summed E-state index contributed by atoms with van der Waals surface area (Å²) in [7, 11) is 0. The molecule has 0 radical (unpaired) electrons. The van der Waals surface area contributed by atoms with E-state index in [0.717, 1.165) is 22.0 Å². The number of thiazole rings is 1. The summed E-state index contributed by atoms with van der Waals surface area (Å²) in [5.41, 5.74) is -1.45. The van der Waals surface area contributed by atoms with Gasteiger partial charge in [0.2, 0.25) is 5.91 Å². The number of nitrogens with one attached hydrogen (secondary N) is 1. The third-order valence-corrected chi connectivity index (χ3v) is 5.39. The molecule has 0 saturated heterocycles. The number of carbonyl (C=O) groups excluding carboxylic acids is 1. The zero-order chi connectivity index (χ0) is 19.6. The first kappa shape index (κ1) is 19.4. The lowest BCUT2D eigenvalue weighted by molar-refractivity contribution is -0.141. The van der Waals surface area contributed by atoms with Crippen molar-refractivity contribution in [3.05, 3.63) is 46.4 Å². The molecule has 0 aliphatic carbocycles. The van der Waals surface area contributed by atoms with E-state index in [0.29, 0.717) is 17.7 Å². The molecule has 27 heavy (non-hydrogen) atoms. The molecular weight excluding hydrogens is 401 g/mol.